The van der Waals surface area contributed by atoms with Gasteiger partial charge in [0, 0.05) is 5.56 Å². The molecule has 0 aliphatic carbocycles. The zero-order valence-electron chi connectivity index (χ0n) is 11.4. The van der Waals surface area contributed by atoms with Gasteiger partial charge >= 0.3 is 5.63 Å². The first-order chi connectivity index (χ1) is 10.2. The molecule has 4 aromatic rings. The zero-order chi connectivity index (χ0) is 14.4. The summed E-state index contributed by atoms with van der Waals surface area (Å²) in [6.45, 7) is 2.01. The van der Waals surface area contributed by atoms with Gasteiger partial charge in [-0.1, -0.05) is 36.4 Å². The molecule has 0 fully saturated rings. The van der Waals surface area contributed by atoms with Crippen LogP contribution in [0.2, 0.25) is 0 Å². The fraction of sp³-hybridized carbons (Fsp3) is 0.0588. The third kappa shape index (κ3) is 1.76. The Balaban J connectivity index is 2.22. The Kier molecular flexibility index (Phi) is 2.44. The van der Waals surface area contributed by atoms with E-state index in [2.05, 4.69) is 4.98 Å². The quantitative estimate of drug-likeness (QED) is 0.535. The molecular formula is C17H12N2O2. The molecule has 0 radical (unpaired) electrons. The maximum atomic E-state index is 12.1. The molecule has 0 N–H and O–H groups in total. The third-order valence-corrected chi connectivity index (χ3v) is 3.57. The first-order valence-corrected chi connectivity index (χ1v) is 6.70. The number of aromatic nitrogens is 2. The molecule has 0 bridgehead atoms. The predicted molar refractivity (Wildman–Crippen MR) is 81.4 cm³/mol. The molecule has 0 unspecified atom stereocenters. The minimum atomic E-state index is -0.423. The van der Waals surface area contributed by atoms with E-state index < -0.39 is 5.63 Å². The highest BCUT2D eigenvalue weighted by molar-refractivity contribution is 5.79. The van der Waals surface area contributed by atoms with Gasteiger partial charge in [0.25, 0.3) is 0 Å². The zero-order valence-corrected chi connectivity index (χ0v) is 11.4. The number of fused-ring (bicyclic) bond motifs is 3. The van der Waals surface area contributed by atoms with E-state index in [-0.39, 0.29) is 0 Å². The van der Waals surface area contributed by atoms with Crippen LogP contribution in [0.25, 0.3) is 28.0 Å². The molecule has 4 nitrogen and oxygen atoms in total. The van der Waals surface area contributed by atoms with Crippen molar-refractivity contribution in [3.05, 3.63) is 70.7 Å². The molecular weight excluding hydrogens is 264 g/mol. The summed E-state index contributed by atoms with van der Waals surface area (Å²) in [4.78, 5) is 16.3. The number of nitrogens with zero attached hydrogens (tertiary/aromatic N) is 2. The number of benzene rings is 2. The van der Waals surface area contributed by atoms with Gasteiger partial charge in [0.15, 0.2) is 5.58 Å². The molecule has 0 amide bonds. The van der Waals surface area contributed by atoms with Gasteiger partial charge in [0.05, 0.1) is 17.4 Å². The minimum absolute atomic E-state index is 0.312. The van der Waals surface area contributed by atoms with Crippen LogP contribution in [0.4, 0.5) is 0 Å². The highest BCUT2D eigenvalue weighted by Crippen LogP contribution is 2.24. The van der Waals surface area contributed by atoms with E-state index in [1.807, 2.05) is 59.9 Å². The molecule has 4 heteroatoms. The summed E-state index contributed by atoms with van der Waals surface area (Å²) in [6.07, 6.45) is 1.71. The molecule has 2 aromatic heterocycles. The highest BCUT2D eigenvalue weighted by atomic mass is 16.4. The predicted octanol–water partition coefficient (Wildman–Crippen LogP) is 3.42. The molecule has 2 aromatic carbocycles. The van der Waals surface area contributed by atoms with Gasteiger partial charge in [-0.05, 0) is 24.6 Å². The molecule has 0 aliphatic heterocycles. The summed E-state index contributed by atoms with van der Waals surface area (Å²) in [6, 6.07) is 15.6. The van der Waals surface area contributed by atoms with Crippen LogP contribution in [0.5, 0.6) is 0 Å². The van der Waals surface area contributed by atoms with Crippen molar-refractivity contribution in [3.8, 4) is 11.3 Å². The summed E-state index contributed by atoms with van der Waals surface area (Å²) in [7, 11) is 0. The molecule has 102 valence electrons. The lowest BCUT2D eigenvalue weighted by Gasteiger charge is -2.06. The van der Waals surface area contributed by atoms with Crippen molar-refractivity contribution < 1.29 is 4.42 Å². The van der Waals surface area contributed by atoms with Gasteiger partial charge in [-0.15, -0.1) is 0 Å². The monoisotopic (exact) mass is 276 g/mol. The minimum Gasteiger partial charge on any atom is -0.418 e. The van der Waals surface area contributed by atoms with E-state index >= 15 is 0 Å². The van der Waals surface area contributed by atoms with Gasteiger partial charge in [-0.3, -0.25) is 4.40 Å². The number of aryl methyl sites for hydroxylation is 1. The average Bonchev–Trinajstić information content (AvgIpc) is 2.95. The van der Waals surface area contributed by atoms with E-state index in [0.717, 1.165) is 22.3 Å². The van der Waals surface area contributed by atoms with E-state index in [0.29, 0.717) is 11.2 Å². The van der Waals surface area contributed by atoms with Crippen LogP contribution in [0.15, 0.2) is 63.9 Å². The number of imidazole rings is 1. The van der Waals surface area contributed by atoms with Gasteiger partial charge in [-0.2, -0.15) is 0 Å². The maximum Gasteiger partial charge on any atom is 0.380 e. The maximum absolute atomic E-state index is 12.1. The van der Waals surface area contributed by atoms with E-state index in [4.69, 9.17) is 4.42 Å². The second-order valence-corrected chi connectivity index (χ2v) is 5.03. The number of hydrogen-bond donors (Lipinski definition) is 0. The lowest BCUT2D eigenvalue weighted by molar-refractivity contribution is 0.560. The van der Waals surface area contributed by atoms with Crippen LogP contribution in [-0.2, 0) is 0 Å². The fourth-order valence-corrected chi connectivity index (χ4v) is 2.59. The van der Waals surface area contributed by atoms with Crippen molar-refractivity contribution in [2.45, 2.75) is 6.92 Å². The van der Waals surface area contributed by atoms with Crippen molar-refractivity contribution in [2.24, 2.45) is 0 Å². The summed E-state index contributed by atoms with van der Waals surface area (Å²) >= 11 is 0. The van der Waals surface area contributed by atoms with Crippen molar-refractivity contribution >= 4 is 16.7 Å². The van der Waals surface area contributed by atoms with Crippen LogP contribution in [0.1, 0.15) is 5.56 Å². The van der Waals surface area contributed by atoms with Gasteiger partial charge in [0.2, 0.25) is 5.65 Å². The summed E-state index contributed by atoms with van der Waals surface area (Å²) in [5.41, 5.74) is 4.30. The molecule has 0 saturated heterocycles. The SMILES string of the molecule is Cc1ccc2oc(=O)c3ncc(-c4ccccc4)n3c2c1. The normalized spacial score (nSPS) is 11.3. The van der Waals surface area contributed by atoms with Crippen LogP contribution < -0.4 is 5.63 Å². The van der Waals surface area contributed by atoms with Crippen molar-refractivity contribution in [3.63, 3.8) is 0 Å². The Bertz CT molecular complexity index is 1010. The topological polar surface area (TPSA) is 47.5 Å². The standard InChI is InChI=1S/C17H12N2O2/c1-11-7-8-15-13(9-11)19-14(12-5-3-2-4-6-12)10-18-16(19)17(20)21-15/h2-10H,1H3. The lowest BCUT2D eigenvalue weighted by Crippen LogP contribution is -2.06. The van der Waals surface area contributed by atoms with Gasteiger partial charge in [-0.25, -0.2) is 9.78 Å². The van der Waals surface area contributed by atoms with E-state index in [1.165, 1.54) is 0 Å². The molecule has 0 aliphatic rings. The molecule has 4 rings (SSSR count). The van der Waals surface area contributed by atoms with Crippen LogP contribution in [0.3, 0.4) is 0 Å². The Morgan fingerprint density at radius 1 is 1.10 bits per heavy atom. The Morgan fingerprint density at radius 2 is 1.90 bits per heavy atom. The lowest BCUT2D eigenvalue weighted by atomic mass is 10.1. The van der Waals surface area contributed by atoms with Gasteiger partial charge < -0.3 is 4.42 Å². The Labute approximate surface area is 120 Å². The first-order valence-electron chi connectivity index (χ1n) is 6.70. The van der Waals surface area contributed by atoms with Crippen LogP contribution >= 0.6 is 0 Å². The van der Waals surface area contributed by atoms with E-state index in [1.54, 1.807) is 6.20 Å². The smallest absolute Gasteiger partial charge is 0.380 e. The third-order valence-electron chi connectivity index (χ3n) is 3.57. The van der Waals surface area contributed by atoms with E-state index in [9.17, 15) is 4.79 Å². The van der Waals surface area contributed by atoms with Gasteiger partial charge in [0.1, 0.15) is 0 Å². The second-order valence-electron chi connectivity index (χ2n) is 5.03. The Hall–Kier alpha value is -2.88. The summed E-state index contributed by atoms with van der Waals surface area (Å²) in [5.74, 6) is 0. The average molecular weight is 276 g/mol. The Morgan fingerprint density at radius 3 is 2.71 bits per heavy atom. The van der Waals surface area contributed by atoms with Crippen molar-refractivity contribution in [1.29, 1.82) is 0 Å². The molecule has 2 heterocycles. The van der Waals surface area contributed by atoms with Crippen LogP contribution in [0, 0.1) is 6.92 Å². The molecule has 21 heavy (non-hydrogen) atoms. The fourth-order valence-electron chi connectivity index (χ4n) is 2.59. The highest BCUT2D eigenvalue weighted by Gasteiger charge is 2.13. The number of rotatable bonds is 1. The number of hydrogen-bond acceptors (Lipinski definition) is 3. The second kappa shape index (κ2) is 4.31. The molecule has 0 atom stereocenters. The van der Waals surface area contributed by atoms with Crippen molar-refractivity contribution in [2.75, 3.05) is 0 Å². The largest absolute Gasteiger partial charge is 0.418 e. The summed E-state index contributed by atoms with van der Waals surface area (Å²) < 4.78 is 7.20. The molecule has 0 spiro atoms. The van der Waals surface area contributed by atoms with Crippen LogP contribution in [-0.4, -0.2) is 9.38 Å². The molecule has 0 saturated carbocycles. The first kappa shape index (κ1) is 11.9. The van der Waals surface area contributed by atoms with Crippen molar-refractivity contribution in [1.82, 2.24) is 9.38 Å². The summed E-state index contributed by atoms with van der Waals surface area (Å²) in [5, 5.41) is 0.